The van der Waals surface area contributed by atoms with E-state index in [4.69, 9.17) is 0 Å². The molecule has 0 aliphatic carbocycles. The van der Waals surface area contributed by atoms with Crippen molar-refractivity contribution in [1.82, 2.24) is 0 Å². The van der Waals surface area contributed by atoms with Crippen LogP contribution in [0, 0.1) is 21.7 Å². The fourth-order valence-corrected chi connectivity index (χ4v) is 1.83. The summed E-state index contributed by atoms with van der Waals surface area (Å²) in [5.74, 6) is -1.77. The van der Waals surface area contributed by atoms with Gasteiger partial charge in [0.1, 0.15) is 5.69 Å². The van der Waals surface area contributed by atoms with Gasteiger partial charge in [-0.1, -0.05) is 13.8 Å². The van der Waals surface area contributed by atoms with Crippen molar-refractivity contribution < 1.29 is 13.7 Å². The minimum absolute atomic E-state index is 0.177. The maximum atomic E-state index is 13.8. The van der Waals surface area contributed by atoms with E-state index in [1.807, 2.05) is 13.8 Å². The molecule has 1 rings (SSSR count). The van der Waals surface area contributed by atoms with Crippen LogP contribution in [0.25, 0.3) is 0 Å². The molecule has 0 radical (unpaired) electrons. The lowest BCUT2D eigenvalue weighted by Gasteiger charge is -2.24. The van der Waals surface area contributed by atoms with Gasteiger partial charge in [-0.05, 0) is 12.8 Å². The predicted octanol–water partition coefficient (Wildman–Crippen LogP) is 3.50. The summed E-state index contributed by atoms with van der Waals surface area (Å²) in [7, 11) is 0. The molecule has 0 atom stereocenters. The summed E-state index contributed by atoms with van der Waals surface area (Å²) in [6.07, 6.45) is 1.49. The second kappa shape index (κ2) is 6.28. The first-order valence-electron chi connectivity index (χ1n) is 5.89. The third-order valence-corrected chi connectivity index (χ3v) is 2.52. The number of non-ortho nitro benzene ring substituents is 1. The average molecular weight is 258 g/mol. The van der Waals surface area contributed by atoms with Gasteiger partial charge in [-0.15, -0.1) is 0 Å². The molecular formula is C12H16F2N2O2. The zero-order valence-corrected chi connectivity index (χ0v) is 10.4. The lowest BCUT2D eigenvalue weighted by atomic mass is 10.2. The molecule has 6 heteroatoms. The van der Waals surface area contributed by atoms with Crippen LogP contribution in [0.1, 0.15) is 26.7 Å². The van der Waals surface area contributed by atoms with E-state index in [1.165, 1.54) is 0 Å². The molecule has 0 aliphatic rings. The fourth-order valence-electron chi connectivity index (χ4n) is 1.83. The van der Waals surface area contributed by atoms with Gasteiger partial charge in [0.15, 0.2) is 11.6 Å². The van der Waals surface area contributed by atoms with Crippen molar-refractivity contribution in [1.29, 1.82) is 0 Å². The molecule has 0 unspecified atom stereocenters. The molecule has 0 heterocycles. The second-order valence-electron chi connectivity index (χ2n) is 4.00. The zero-order valence-electron chi connectivity index (χ0n) is 10.4. The normalized spacial score (nSPS) is 10.4. The first kappa shape index (κ1) is 14.3. The number of benzene rings is 1. The SMILES string of the molecule is CCCN(CCC)c1c(F)cc([N+](=O)[O-])cc1F. The molecule has 4 nitrogen and oxygen atoms in total. The summed E-state index contributed by atoms with van der Waals surface area (Å²) in [5, 5.41) is 10.5. The van der Waals surface area contributed by atoms with Gasteiger partial charge in [0, 0.05) is 13.1 Å². The van der Waals surface area contributed by atoms with Gasteiger partial charge in [0.2, 0.25) is 0 Å². The highest BCUT2D eigenvalue weighted by Gasteiger charge is 2.20. The minimum Gasteiger partial charge on any atom is -0.367 e. The summed E-state index contributed by atoms with van der Waals surface area (Å²) in [5.41, 5.74) is -0.744. The summed E-state index contributed by atoms with van der Waals surface area (Å²) in [6, 6.07) is 1.52. The van der Waals surface area contributed by atoms with Gasteiger partial charge in [-0.2, -0.15) is 0 Å². The maximum absolute atomic E-state index is 13.8. The Morgan fingerprint density at radius 3 is 1.94 bits per heavy atom. The lowest BCUT2D eigenvalue weighted by molar-refractivity contribution is -0.385. The molecule has 1 aromatic carbocycles. The topological polar surface area (TPSA) is 46.4 Å². The van der Waals surface area contributed by atoms with Gasteiger partial charge in [-0.25, -0.2) is 8.78 Å². The van der Waals surface area contributed by atoms with Crippen molar-refractivity contribution in [3.8, 4) is 0 Å². The van der Waals surface area contributed by atoms with Crippen LogP contribution < -0.4 is 4.90 Å². The molecule has 0 saturated heterocycles. The standard InChI is InChI=1S/C12H16F2N2O2/c1-3-5-15(6-4-2)12-10(13)7-9(16(17)18)8-11(12)14/h7-8H,3-6H2,1-2H3. The van der Waals surface area contributed by atoms with Crippen molar-refractivity contribution >= 4 is 11.4 Å². The van der Waals surface area contributed by atoms with Crippen LogP contribution in [0.15, 0.2) is 12.1 Å². The molecule has 0 saturated carbocycles. The van der Waals surface area contributed by atoms with Crippen molar-refractivity contribution in [3.05, 3.63) is 33.9 Å². The van der Waals surface area contributed by atoms with Gasteiger partial charge in [0.05, 0.1) is 17.1 Å². The number of nitrogens with zero attached hydrogens (tertiary/aromatic N) is 2. The summed E-state index contributed by atoms with van der Waals surface area (Å²) >= 11 is 0. The van der Waals surface area contributed by atoms with Gasteiger partial charge in [0.25, 0.3) is 5.69 Å². The van der Waals surface area contributed by atoms with Gasteiger partial charge in [-0.3, -0.25) is 10.1 Å². The largest absolute Gasteiger partial charge is 0.367 e. The third kappa shape index (κ3) is 3.15. The minimum atomic E-state index is -0.886. The highest BCUT2D eigenvalue weighted by molar-refractivity contribution is 5.53. The molecule has 0 aromatic heterocycles. The van der Waals surface area contributed by atoms with Crippen molar-refractivity contribution in [3.63, 3.8) is 0 Å². The Bertz CT molecular complexity index is 409. The number of halogens is 2. The number of rotatable bonds is 6. The van der Waals surface area contributed by atoms with E-state index in [-0.39, 0.29) is 5.69 Å². The van der Waals surface area contributed by atoms with E-state index in [2.05, 4.69) is 0 Å². The van der Waals surface area contributed by atoms with E-state index in [0.717, 1.165) is 25.0 Å². The van der Waals surface area contributed by atoms with Crippen LogP contribution in [0.3, 0.4) is 0 Å². The van der Waals surface area contributed by atoms with Gasteiger partial charge < -0.3 is 4.90 Å². The Hall–Kier alpha value is -1.72. The second-order valence-corrected chi connectivity index (χ2v) is 4.00. The summed E-state index contributed by atoms with van der Waals surface area (Å²) < 4.78 is 27.6. The molecule has 0 spiro atoms. The van der Waals surface area contributed by atoms with Crippen molar-refractivity contribution in [2.75, 3.05) is 18.0 Å². The average Bonchev–Trinajstić information content (AvgIpc) is 2.28. The monoisotopic (exact) mass is 258 g/mol. The highest BCUT2D eigenvalue weighted by atomic mass is 19.1. The van der Waals surface area contributed by atoms with E-state index < -0.39 is 22.2 Å². The van der Waals surface area contributed by atoms with Crippen molar-refractivity contribution in [2.45, 2.75) is 26.7 Å². The van der Waals surface area contributed by atoms with Crippen LogP contribution >= 0.6 is 0 Å². The van der Waals surface area contributed by atoms with Crippen LogP contribution in [-0.2, 0) is 0 Å². The number of hydrogen-bond acceptors (Lipinski definition) is 3. The molecule has 0 N–H and O–H groups in total. The Morgan fingerprint density at radius 1 is 1.17 bits per heavy atom. The molecule has 0 bridgehead atoms. The van der Waals surface area contributed by atoms with Gasteiger partial charge >= 0.3 is 0 Å². The molecule has 18 heavy (non-hydrogen) atoms. The van der Waals surface area contributed by atoms with E-state index in [1.54, 1.807) is 4.90 Å². The Labute approximate surface area is 104 Å². The molecule has 0 fully saturated rings. The number of anilines is 1. The lowest BCUT2D eigenvalue weighted by Crippen LogP contribution is -2.27. The molecule has 1 aromatic rings. The first-order chi connectivity index (χ1) is 8.51. The number of nitro benzene ring substituents is 1. The Morgan fingerprint density at radius 2 is 1.61 bits per heavy atom. The van der Waals surface area contributed by atoms with Crippen LogP contribution in [-0.4, -0.2) is 18.0 Å². The summed E-state index contributed by atoms with van der Waals surface area (Å²) in [4.78, 5) is 11.3. The Kier molecular flexibility index (Phi) is 5.00. The number of nitro groups is 1. The van der Waals surface area contributed by atoms with E-state index in [0.29, 0.717) is 13.1 Å². The van der Waals surface area contributed by atoms with Crippen LogP contribution in [0.5, 0.6) is 0 Å². The number of hydrogen-bond donors (Lipinski definition) is 0. The molecular weight excluding hydrogens is 242 g/mol. The fraction of sp³-hybridized carbons (Fsp3) is 0.500. The molecule has 0 aliphatic heterocycles. The third-order valence-electron chi connectivity index (χ3n) is 2.52. The predicted molar refractivity (Wildman–Crippen MR) is 65.8 cm³/mol. The first-order valence-corrected chi connectivity index (χ1v) is 5.89. The quantitative estimate of drug-likeness (QED) is 0.579. The Balaban J connectivity index is 3.18. The van der Waals surface area contributed by atoms with E-state index >= 15 is 0 Å². The highest BCUT2D eigenvalue weighted by Crippen LogP contribution is 2.28. The molecule has 0 amide bonds. The smallest absolute Gasteiger partial charge is 0.275 e. The van der Waals surface area contributed by atoms with E-state index in [9.17, 15) is 18.9 Å². The van der Waals surface area contributed by atoms with Crippen LogP contribution in [0.2, 0.25) is 0 Å². The zero-order chi connectivity index (χ0) is 13.7. The summed E-state index contributed by atoms with van der Waals surface area (Å²) in [6.45, 7) is 4.84. The maximum Gasteiger partial charge on any atom is 0.275 e. The van der Waals surface area contributed by atoms with Crippen LogP contribution in [0.4, 0.5) is 20.2 Å². The molecule has 100 valence electrons. The van der Waals surface area contributed by atoms with Crippen molar-refractivity contribution in [2.24, 2.45) is 0 Å².